The van der Waals surface area contributed by atoms with E-state index in [1.807, 2.05) is 0 Å². The van der Waals surface area contributed by atoms with Crippen LogP contribution in [0.2, 0.25) is 0 Å². The number of amides is 4. The average molecular weight is 771 g/mol. The van der Waals surface area contributed by atoms with Gasteiger partial charge in [-0.3, -0.25) is 28.8 Å². The van der Waals surface area contributed by atoms with E-state index < -0.39 is 35.4 Å². The number of imide groups is 2. The van der Waals surface area contributed by atoms with E-state index in [4.69, 9.17) is 16.6 Å². The van der Waals surface area contributed by atoms with Gasteiger partial charge in [0, 0.05) is 76.2 Å². The van der Waals surface area contributed by atoms with Gasteiger partial charge in [0.1, 0.15) is 17.1 Å². The number of rotatable bonds is 10. The van der Waals surface area contributed by atoms with E-state index in [-0.39, 0.29) is 80.7 Å². The Labute approximate surface area is 322 Å². The summed E-state index contributed by atoms with van der Waals surface area (Å²) >= 11 is 5.45. The van der Waals surface area contributed by atoms with Gasteiger partial charge in [0.2, 0.25) is 0 Å². The lowest BCUT2D eigenvalue weighted by atomic mass is 9.90. The quantitative estimate of drug-likeness (QED) is 0.0453. The van der Waals surface area contributed by atoms with Crippen LogP contribution in [-0.4, -0.2) is 57.3 Å². The topological polar surface area (TPSA) is 204 Å². The summed E-state index contributed by atoms with van der Waals surface area (Å²) in [5.41, 5.74) is 2.08. The van der Waals surface area contributed by atoms with Gasteiger partial charge in [-0.2, -0.15) is 0 Å². The molecule has 0 atom stereocenters. The number of ketones is 1. The second-order valence-corrected chi connectivity index (χ2v) is 13.5. The highest BCUT2D eigenvalue weighted by atomic mass is 32.1. The van der Waals surface area contributed by atoms with Gasteiger partial charge in [0.15, 0.2) is 16.3 Å². The van der Waals surface area contributed by atoms with E-state index in [1.165, 1.54) is 62.4 Å². The summed E-state index contributed by atoms with van der Waals surface area (Å²) in [5, 5.41) is 26.9. The fourth-order valence-corrected chi connectivity index (χ4v) is 6.84. The van der Waals surface area contributed by atoms with E-state index in [1.54, 1.807) is 24.3 Å². The largest absolute Gasteiger partial charge is 0.508 e. The summed E-state index contributed by atoms with van der Waals surface area (Å²) in [4.78, 5) is 90.8. The number of carbonyl (C=O) groups is 6. The molecule has 0 saturated carbocycles. The fraction of sp³-hybridized carbons (Fsp3) is 0.122. The van der Waals surface area contributed by atoms with Crippen LogP contribution >= 0.6 is 12.2 Å². The number of carbonyl (C=O) groups excluding carboxylic acids is 5. The number of fused-ring (bicyclic) bond motifs is 2. The number of phenolic OH excluding ortho intramolecular Hbond substituents is 1. The molecule has 0 radical (unpaired) electrons. The molecular weight excluding hydrogens is 741 g/mol. The molecule has 14 nitrogen and oxygen atoms in total. The highest BCUT2D eigenvalue weighted by Crippen LogP contribution is 2.42. The van der Waals surface area contributed by atoms with E-state index in [9.17, 15) is 43.8 Å². The first-order chi connectivity index (χ1) is 26.7. The van der Waals surface area contributed by atoms with Crippen LogP contribution in [0.1, 0.15) is 47.4 Å². The zero-order chi connectivity index (χ0) is 40.0. The molecule has 1 aliphatic carbocycles. The lowest BCUT2D eigenvalue weighted by Crippen LogP contribution is -2.33. The maximum absolute atomic E-state index is 13.4. The van der Waals surface area contributed by atoms with Crippen LogP contribution in [0.4, 0.5) is 17.1 Å². The van der Waals surface area contributed by atoms with Crippen molar-refractivity contribution in [3.8, 4) is 28.2 Å². The summed E-state index contributed by atoms with van der Waals surface area (Å²) in [6.07, 6.45) is 2.57. The normalized spacial score (nSPS) is 14.1. The highest BCUT2D eigenvalue weighted by molar-refractivity contribution is 7.80. The molecule has 0 spiro atoms. The number of carboxylic acids is 1. The Morgan fingerprint density at radius 3 is 2.04 bits per heavy atom. The van der Waals surface area contributed by atoms with Gasteiger partial charge in [-0.05, 0) is 92.6 Å². The molecular formula is C41H30N4O10S. The molecule has 4 aliphatic rings. The molecule has 4 amide bonds. The highest BCUT2D eigenvalue weighted by Gasteiger charge is 2.34. The Hall–Kier alpha value is -7.26. The molecule has 56 heavy (non-hydrogen) atoms. The van der Waals surface area contributed by atoms with Crippen molar-refractivity contribution in [1.82, 2.24) is 5.32 Å². The van der Waals surface area contributed by atoms with Gasteiger partial charge < -0.3 is 25.3 Å². The smallest absolute Gasteiger partial charge is 0.336 e. The Bertz CT molecular complexity index is 2630. The predicted octanol–water partition coefficient (Wildman–Crippen LogP) is 5.56. The lowest BCUT2D eigenvalue weighted by molar-refractivity contribution is -0.121. The summed E-state index contributed by atoms with van der Waals surface area (Å²) in [7, 11) is 0. The van der Waals surface area contributed by atoms with Crippen molar-refractivity contribution >= 4 is 80.7 Å². The number of nitrogens with one attached hydrogen (secondary N) is 2. The molecule has 0 unspecified atom stereocenters. The number of anilines is 3. The van der Waals surface area contributed by atoms with Crippen LogP contribution in [0.3, 0.4) is 0 Å². The van der Waals surface area contributed by atoms with Crippen molar-refractivity contribution < 1.29 is 43.4 Å². The van der Waals surface area contributed by atoms with Crippen LogP contribution in [0.5, 0.6) is 5.75 Å². The molecule has 0 aromatic heterocycles. The van der Waals surface area contributed by atoms with Crippen LogP contribution in [0.15, 0.2) is 105 Å². The number of phenols is 1. The first-order valence-electron chi connectivity index (χ1n) is 17.1. The number of hydrogen-bond donors (Lipinski definition) is 4. The van der Waals surface area contributed by atoms with Crippen LogP contribution in [0, 0.1) is 0 Å². The molecule has 3 aliphatic heterocycles. The summed E-state index contributed by atoms with van der Waals surface area (Å²) < 4.78 is 5.89. The molecule has 0 saturated heterocycles. The third kappa shape index (κ3) is 6.94. The van der Waals surface area contributed by atoms with E-state index >= 15 is 0 Å². The Morgan fingerprint density at radius 1 is 0.786 bits per heavy atom. The number of aromatic hydroxyl groups is 1. The average Bonchev–Trinajstić information content (AvgIpc) is 3.56. The fourth-order valence-electron chi connectivity index (χ4n) is 6.62. The summed E-state index contributed by atoms with van der Waals surface area (Å²) in [6, 6.07) is 17.3. The lowest BCUT2D eigenvalue weighted by Gasteiger charge is -2.21. The minimum absolute atomic E-state index is 0.0222. The summed E-state index contributed by atoms with van der Waals surface area (Å²) in [6.45, 7) is 3.17. The van der Waals surface area contributed by atoms with Crippen LogP contribution in [-0.2, 0) is 19.2 Å². The third-order valence-electron chi connectivity index (χ3n) is 9.26. The maximum Gasteiger partial charge on any atom is 0.336 e. The SMILES string of the molecule is CC1=CC(=O)N(c2cc(C(=O)CCCNC(=S)Nc3ccc(-c4c5ccc(=O)cc-5oc5cc(O)ccc45)c(C(=O)O)c3)cc(N3C(=O)C=C(C)C3=O)c2)C1=O. The monoisotopic (exact) mass is 770 g/mol. The van der Waals surface area contributed by atoms with Crippen molar-refractivity contribution in [3.05, 3.63) is 117 Å². The van der Waals surface area contributed by atoms with Gasteiger partial charge in [-0.15, -0.1) is 0 Å². The van der Waals surface area contributed by atoms with Crippen molar-refractivity contribution in [2.45, 2.75) is 26.7 Å². The minimum Gasteiger partial charge on any atom is -0.508 e. The Morgan fingerprint density at radius 2 is 1.43 bits per heavy atom. The standard InChI is InChI=1S/C41H30N4O10S/c1-20-12-35(49)44(38(20)51)24-14-22(15-25(17-24)45-36(50)13-21(2)39(45)52)32(48)4-3-11-42-41(56)43-23-5-8-28(31(16-23)40(53)54)37-29-9-6-26(46)18-33(29)55-34-19-27(47)7-10-30(34)37/h5-10,12-19,46H,3-4,11H2,1-2H3,(H,53,54)(H2,42,43,56). The first kappa shape index (κ1) is 37.1. The minimum atomic E-state index is -1.23. The molecule has 3 aromatic carbocycles. The number of Topliss-reactive ketones (excluding diaryl/α,β-unsaturated/α-hetero) is 1. The number of aromatic carboxylic acids is 1. The second kappa shape index (κ2) is 14.5. The third-order valence-corrected chi connectivity index (χ3v) is 9.51. The number of benzene rings is 4. The molecule has 3 aromatic rings. The molecule has 4 N–H and O–H groups in total. The first-order valence-corrected chi connectivity index (χ1v) is 17.5. The van der Waals surface area contributed by atoms with Gasteiger partial charge in [-0.25, -0.2) is 14.6 Å². The Kier molecular flexibility index (Phi) is 9.61. The molecule has 0 bridgehead atoms. The van der Waals surface area contributed by atoms with Gasteiger partial charge in [0.05, 0.1) is 16.9 Å². The molecule has 7 rings (SSSR count). The zero-order valence-corrected chi connectivity index (χ0v) is 30.5. The van der Waals surface area contributed by atoms with Gasteiger partial charge >= 0.3 is 5.97 Å². The van der Waals surface area contributed by atoms with Crippen molar-refractivity contribution in [2.75, 3.05) is 21.7 Å². The number of nitrogens with zero attached hydrogens (tertiary/aromatic N) is 2. The van der Waals surface area contributed by atoms with Crippen LogP contribution in [0.25, 0.3) is 33.4 Å². The molecule has 0 fully saturated rings. The van der Waals surface area contributed by atoms with Crippen molar-refractivity contribution in [1.29, 1.82) is 0 Å². The Balaban J connectivity index is 1.06. The van der Waals surface area contributed by atoms with E-state index in [0.717, 1.165) is 22.0 Å². The van der Waals surface area contributed by atoms with E-state index in [2.05, 4.69) is 10.6 Å². The summed E-state index contributed by atoms with van der Waals surface area (Å²) in [5.74, 6) is -3.90. The van der Waals surface area contributed by atoms with E-state index in [0.29, 0.717) is 27.8 Å². The van der Waals surface area contributed by atoms with Gasteiger partial charge in [0.25, 0.3) is 23.6 Å². The molecule has 280 valence electrons. The molecule has 3 heterocycles. The van der Waals surface area contributed by atoms with Gasteiger partial charge in [-0.1, -0.05) is 6.07 Å². The predicted molar refractivity (Wildman–Crippen MR) is 210 cm³/mol. The number of thiocarbonyl (C=S) groups is 1. The second-order valence-electron chi connectivity index (χ2n) is 13.1. The maximum atomic E-state index is 13.4. The van der Waals surface area contributed by atoms with Crippen molar-refractivity contribution in [2.24, 2.45) is 0 Å². The number of hydrogen-bond acceptors (Lipinski definition) is 10. The van der Waals surface area contributed by atoms with Crippen LogP contribution < -0.4 is 25.9 Å². The zero-order valence-electron chi connectivity index (χ0n) is 29.7. The molecule has 15 heteroatoms. The van der Waals surface area contributed by atoms with Crippen molar-refractivity contribution in [3.63, 3.8) is 0 Å². The number of carboxylic acid groups (broad SMARTS) is 1.